The van der Waals surface area contributed by atoms with E-state index >= 15 is 0 Å². The number of nitrogens with one attached hydrogen (secondary N) is 2. The molecule has 0 aliphatic carbocycles. The Labute approximate surface area is 162 Å². The summed E-state index contributed by atoms with van der Waals surface area (Å²) in [7, 11) is 0. The van der Waals surface area contributed by atoms with Crippen LogP contribution in [0, 0.1) is 6.92 Å². The maximum Gasteiger partial charge on any atom is 0.257 e. The van der Waals surface area contributed by atoms with Crippen LogP contribution in [0.3, 0.4) is 0 Å². The molecule has 0 aromatic heterocycles. The van der Waals surface area contributed by atoms with Crippen LogP contribution in [0.4, 0.5) is 11.4 Å². The Kier molecular flexibility index (Phi) is 4.68. The average molecular weight is 374 g/mol. The highest BCUT2D eigenvalue weighted by molar-refractivity contribution is 6.12. The van der Waals surface area contributed by atoms with Gasteiger partial charge in [0.1, 0.15) is 0 Å². The number of aryl methyl sites for hydroxylation is 1. The van der Waals surface area contributed by atoms with Gasteiger partial charge in [0.2, 0.25) is 6.79 Å². The van der Waals surface area contributed by atoms with Crippen LogP contribution in [-0.4, -0.2) is 18.6 Å². The van der Waals surface area contributed by atoms with E-state index < -0.39 is 0 Å². The smallest absolute Gasteiger partial charge is 0.257 e. The highest BCUT2D eigenvalue weighted by atomic mass is 16.7. The molecule has 6 nitrogen and oxygen atoms in total. The second-order valence-corrected chi connectivity index (χ2v) is 6.39. The van der Waals surface area contributed by atoms with Crippen molar-refractivity contribution < 1.29 is 19.1 Å². The first-order valence-corrected chi connectivity index (χ1v) is 8.78. The van der Waals surface area contributed by atoms with Gasteiger partial charge in [-0.15, -0.1) is 0 Å². The van der Waals surface area contributed by atoms with E-state index in [2.05, 4.69) is 10.6 Å². The lowest BCUT2D eigenvalue weighted by Crippen LogP contribution is -2.18. The van der Waals surface area contributed by atoms with Crippen LogP contribution in [0.2, 0.25) is 0 Å². The molecule has 4 rings (SSSR count). The first-order chi connectivity index (χ1) is 13.6. The highest BCUT2D eigenvalue weighted by Crippen LogP contribution is 2.34. The minimum absolute atomic E-state index is 0.167. The molecule has 2 N–H and O–H groups in total. The van der Waals surface area contributed by atoms with Gasteiger partial charge in [0, 0.05) is 17.3 Å². The Morgan fingerprint density at radius 2 is 1.57 bits per heavy atom. The minimum Gasteiger partial charge on any atom is -0.454 e. The number of hydrogen-bond donors (Lipinski definition) is 2. The number of carbonyl (C=O) groups is 2. The van der Waals surface area contributed by atoms with E-state index in [4.69, 9.17) is 9.47 Å². The zero-order valence-corrected chi connectivity index (χ0v) is 15.2. The lowest BCUT2D eigenvalue weighted by molar-refractivity contribution is 0.102. The molecule has 2 amide bonds. The molecule has 0 saturated heterocycles. The third kappa shape index (κ3) is 3.66. The predicted octanol–water partition coefficient (Wildman–Crippen LogP) is 4.23. The van der Waals surface area contributed by atoms with Crippen LogP contribution >= 0.6 is 0 Å². The van der Waals surface area contributed by atoms with Gasteiger partial charge in [-0.3, -0.25) is 9.59 Å². The number of amides is 2. The lowest BCUT2D eigenvalue weighted by atomic mass is 10.1. The number of anilines is 2. The largest absolute Gasteiger partial charge is 0.454 e. The lowest BCUT2D eigenvalue weighted by Gasteiger charge is -2.12. The van der Waals surface area contributed by atoms with Gasteiger partial charge >= 0.3 is 0 Å². The van der Waals surface area contributed by atoms with Crippen molar-refractivity contribution in [3.05, 3.63) is 83.4 Å². The van der Waals surface area contributed by atoms with Crippen LogP contribution in [-0.2, 0) is 0 Å². The summed E-state index contributed by atoms with van der Waals surface area (Å²) >= 11 is 0. The van der Waals surface area contributed by atoms with E-state index in [1.165, 1.54) is 0 Å². The van der Waals surface area contributed by atoms with Gasteiger partial charge in [-0.1, -0.05) is 29.8 Å². The van der Waals surface area contributed by atoms with Gasteiger partial charge in [0.25, 0.3) is 11.8 Å². The van der Waals surface area contributed by atoms with Crippen molar-refractivity contribution in [1.82, 2.24) is 0 Å². The maximum absolute atomic E-state index is 12.8. The van der Waals surface area contributed by atoms with E-state index in [1.54, 1.807) is 54.6 Å². The van der Waals surface area contributed by atoms with Crippen LogP contribution < -0.4 is 20.1 Å². The molecular weight excluding hydrogens is 356 g/mol. The molecule has 1 aliphatic heterocycles. The summed E-state index contributed by atoms with van der Waals surface area (Å²) in [6.07, 6.45) is 0. The maximum atomic E-state index is 12.8. The van der Waals surface area contributed by atoms with Gasteiger partial charge in [0.15, 0.2) is 11.5 Å². The summed E-state index contributed by atoms with van der Waals surface area (Å²) in [5.41, 5.74) is 2.97. The molecule has 28 heavy (non-hydrogen) atoms. The third-order valence-electron chi connectivity index (χ3n) is 4.36. The van der Waals surface area contributed by atoms with Crippen molar-refractivity contribution >= 4 is 23.2 Å². The second-order valence-electron chi connectivity index (χ2n) is 6.39. The van der Waals surface area contributed by atoms with Crippen molar-refractivity contribution in [1.29, 1.82) is 0 Å². The molecule has 0 bridgehead atoms. The molecule has 0 radical (unpaired) electrons. The normalized spacial score (nSPS) is 11.8. The summed E-state index contributed by atoms with van der Waals surface area (Å²) < 4.78 is 10.6. The molecule has 0 unspecified atom stereocenters. The summed E-state index contributed by atoms with van der Waals surface area (Å²) in [5.74, 6) is 0.615. The zero-order chi connectivity index (χ0) is 19.5. The van der Waals surface area contributed by atoms with Gasteiger partial charge in [0.05, 0.1) is 11.3 Å². The fourth-order valence-corrected chi connectivity index (χ4v) is 2.86. The van der Waals surface area contributed by atoms with Crippen molar-refractivity contribution in [3.63, 3.8) is 0 Å². The molecule has 6 heteroatoms. The standard InChI is InChI=1S/C22H18N2O4/c1-14-6-8-15(9-7-14)21(25)24-18-5-3-2-4-17(18)22(26)23-16-10-11-19-20(12-16)28-13-27-19/h2-12H,13H2,1H3,(H,23,26)(H,24,25). The van der Waals surface area contributed by atoms with E-state index in [9.17, 15) is 9.59 Å². The van der Waals surface area contributed by atoms with Crippen LogP contribution in [0.5, 0.6) is 11.5 Å². The van der Waals surface area contributed by atoms with Crippen molar-refractivity contribution in [3.8, 4) is 11.5 Å². The molecule has 3 aromatic rings. The molecule has 140 valence electrons. The topological polar surface area (TPSA) is 76.7 Å². The summed E-state index contributed by atoms with van der Waals surface area (Å²) in [4.78, 5) is 25.3. The Bertz CT molecular complexity index is 1040. The first kappa shape index (κ1) is 17.6. The molecule has 0 fully saturated rings. The molecule has 1 aliphatic rings. The highest BCUT2D eigenvalue weighted by Gasteiger charge is 2.17. The van der Waals surface area contributed by atoms with Crippen LogP contribution in [0.25, 0.3) is 0 Å². The predicted molar refractivity (Wildman–Crippen MR) is 106 cm³/mol. The molecule has 3 aromatic carbocycles. The van der Waals surface area contributed by atoms with Crippen LogP contribution in [0.15, 0.2) is 66.7 Å². The van der Waals surface area contributed by atoms with Gasteiger partial charge in [-0.2, -0.15) is 0 Å². The number of benzene rings is 3. The van der Waals surface area contributed by atoms with E-state index in [0.717, 1.165) is 5.56 Å². The van der Waals surface area contributed by atoms with E-state index in [1.807, 2.05) is 19.1 Å². The fraction of sp³-hybridized carbons (Fsp3) is 0.0909. The summed E-state index contributed by atoms with van der Waals surface area (Å²) in [5, 5.41) is 5.63. The fourth-order valence-electron chi connectivity index (χ4n) is 2.86. The number of ether oxygens (including phenoxy) is 2. The Hall–Kier alpha value is -3.80. The molecular formula is C22H18N2O4. The Morgan fingerprint density at radius 3 is 2.39 bits per heavy atom. The first-order valence-electron chi connectivity index (χ1n) is 8.78. The summed E-state index contributed by atoms with van der Waals surface area (Å²) in [6.45, 7) is 2.12. The SMILES string of the molecule is Cc1ccc(C(=O)Nc2ccccc2C(=O)Nc2ccc3c(c2)OCO3)cc1. The number of carbonyl (C=O) groups excluding carboxylic acids is 2. The minimum atomic E-state index is -0.335. The summed E-state index contributed by atoms with van der Waals surface area (Å²) in [6, 6.07) is 19.3. The van der Waals surface area contributed by atoms with Crippen molar-refractivity contribution in [2.45, 2.75) is 6.92 Å². The molecule has 0 atom stereocenters. The van der Waals surface area contributed by atoms with Crippen molar-refractivity contribution in [2.75, 3.05) is 17.4 Å². The number of rotatable bonds is 4. The van der Waals surface area contributed by atoms with Crippen molar-refractivity contribution in [2.24, 2.45) is 0 Å². The van der Waals surface area contributed by atoms with Gasteiger partial charge in [-0.25, -0.2) is 0 Å². The third-order valence-corrected chi connectivity index (χ3v) is 4.36. The zero-order valence-electron chi connectivity index (χ0n) is 15.2. The quantitative estimate of drug-likeness (QED) is 0.717. The monoisotopic (exact) mass is 374 g/mol. The van der Waals surface area contributed by atoms with Gasteiger partial charge < -0.3 is 20.1 Å². The van der Waals surface area contributed by atoms with Crippen LogP contribution in [0.1, 0.15) is 26.3 Å². The molecule has 1 heterocycles. The molecule has 0 spiro atoms. The molecule has 0 saturated carbocycles. The Balaban J connectivity index is 1.52. The number of fused-ring (bicyclic) bond motifs is 1. The number of para-hydroxylation sites is 1. The van der Waals surface area contributed by atoms with Gasteiger partial charge in [-0.05, 0) is 43.3 Å². The van der Waals surface area contributed by atoms with E-state index in [0.29, 0.717) is 34.0 Å². The number of hydrogen-bond acceptors (Lipinski definition) is 4. The Morgan fingerprint density at radius 1 is 0.821 bits per heavy atom. The second kappa shape index (κ2) is 7.44. The average Bonchev–Trinajstić information content (AvgIpc) is 3.16. The van der Waals surface area contributed by atoms with E-state index in [-0.39, 0.29) is 18.6 Å².